The van der Waals surface area contributed by atoms with Crippen LogP contribution in [0, 0.1) is 0 Å². The number of rotatable bonds is 6. The van der Waals surface area contributed by atoms with E-state index in [0.717, 1.165) is 13.0 Å². The molecular weight excluding hydrogens is 330 g/mol. The molecule has 22 heavy (non-hydrogen) atoms. The highest BCUT2D eigenvalue weighted by molar-refractivity contribution is 7.89. The van der Waals surface area contributed by atoms with Gasteiger partial charge in [0.2, 0.25) is 10.0 Å². The maximum Gasteiger partial charge on any atom is 0.255 e. The molecule has 122 valence electrons. The van der Waals surface area contributed by atoms with Gasteiger partial charge in [-0.3, -0.25) is 4.79 Å². The lowest BCUT2D eigenvalue weighted by Crippen LogP contribution is -2.38. The Labute approximate surface area is 134 Å². The van der Waals surface area contributed by atoms with Crippen LogP contribution in [-0.2, 0) is 14.8 Å². The Hall–Kier alpha value is -1.35. The van der Waals surface area contributed by atoms with Crippen molar-refractivity contribution in [1.29, 1.82) is 0 Å². The van der Waals surface area contributed by atoms with Gasteiger partial charge in [-0.15, -0.1) is 0 Å². The number of nitrogens with one attached hydrogen (secondary N) is 1. The first-order valence-corrected chi connectivity index (χ1v) is 8.53. The summed E-state index contributed by atoms with van der Waals surface area (Å²) in [6.45, 7) is 0.956. The van der Waals surface area contributed by atoms with E-state index in [4.69, 9.17) is 22.1 Å². The quantitative estimate of drug-likeness (QED) is 0.764. The smallest absolute Gasteiger partial charge is 0.255 e. The van der Waals surface area contributed by atoms with Crippen molar-refractivity contribution in [2.45, 2.75) is 17.4 Å². The Kier molecular flexibility index (Phi) is 5.28. The van der Waals surface area contributed by atoms with Crippen LogP contribution in [0.15, 0.2) is 23.1 Å². The van der Waals surface area contributed by atoms with Crippen molar-refractivity contribution in [3.05, 3.63) is 23.2 Å². The van der Waals surface area contributed by atoms with Gasteiger partial charge in [0.05, 0.1) is 0 Å². The molecule has 0 radical (unpaired) electrons. The van der Waals surface area contributed by atoms with Gasteiger partial charge in [-0.25, -0.2) is 8.42 Å². The highest BCUT2D eigenvalue weighted by atomic mass is 35.5. The van der Waals surface area contributed by atoms with Gasteiger partial charge in [0.25, 0.3) is 5.91 Å². The molecule has 0 saturated carbocycles. The number of hydrogen-bond acceptors (Lipinski definition) is 5. The van der Waals surface area contributed by atoms with Crippen molar-refractivity contribution in [2.75, 3.05) is 26.7 Å². The molecule has 0 aromatic heterocycles. The summed E-state index contributed by atoms with van der Waals surface area (Å²) < 4.78 is 32.1. The number of carbonyl (C=O) groups excluding carboxylic acids is 1. The third-order valence-corrected chi connectivity index (χ3v) is 5.65. The lowest BCUT2D eigenvalue weighted by molar-refractivity contribution is -0.120. The Morgan fingerprint density at radius 2 is 2.27 bits per heavy atom. The molecule has 1 amide bonds. The fourth-order valence-electron chi connectivity index (χ4n) is 2.25. The van der Waals surface area contributed by atoms with Gasteiger partial charge >= 0.3 is 0 Å². The first-order valence-electron chi connectivity index (χ1n) is 6.72. The lowest BCUT2D eigenvalue weighted by atomic mass is 10.3. The van der Waals surface area contributed by atoms with Gasteiger partial charge in [-0.2, -0.15) is 4.31 Å². The summed E-state index contributed by atoms with van der Waals surface area (Å²) in [5.74, 6) is -0.632. The second-order valence-corrected chi connectivity index (χ2v) is 7.42. The Morgan fingerprint density at radius 3 is 2.86 bits per heavy atom. The van der Waals surface area contributed by atoms with Gasteiger partial charge in [-0.1, -0.05) is 11.6 Å². The number of primary amides is 1. The normalized spacial score (nSPS) is 18.6. The zero-order chi connectivity index (χ0) is 16.3. The highest BCUT2D eigenvalue weighted by Crippen LogP contribution is 2.30. The topological polar surface area (TPSA) is 102 Å². The van der Waals surface area contributed by atoms with Gasteiger partial charge in [0.1, 0.15) is 10.6 Å². The molecule has 1 saturated heterocycles. The molecule has 0 aliphatic carbocycles. The maximum absolute atomic E-state index is 12.8. The average Bonchev–Trinajstić information content (AvgIpc) is 2.98. The SMILES string of the molecule is CN(C1CCNC1)S(=O)(=O)c1cc(Cl)ccc1OCC(N)=O. The molecule has 1 aromatic carbocycles. The minimum absolute atomic E-state index is 0.0565. The van der Waals surface area contributed by atoms with Gasteiger partial charge in [0.15, 0.2) is 6.61 Å². The van der Waals surface area contributed by atoms with Crippen molar-refractivity contribution in [3.63, 3.8) is 0 Å². The first-order chi connectivity index (χ1) is 10.3. The van der Waals surface area contributed by atoms with E-state index < -0.39 is 22.5 Å². The molecule has 0 spiro atoms. The molecule has 3 N–H and O–H groups in total. The van der Waals surface area contributed by atoms with Crippen LogP contribution in [-0.4, -0.2) is 51.4 Å². The number of benzene rings is 1. The number of likely N-dealkylation sites (N-methyl/N-ethyl adjacent to an activating group) is 1. The first kappa shape index (κ1) is 17.0. The van der Waals surface area contributed by atoms with E-state index in [2.05, 4.69) is 5.32 Å². The van der Waals surface area contributed by atoms with Gasteiger partial charge < -0.3 is 15.8 Å². The molecule has 7 nitrogen and oxygen atoms in total. The van der Waals surface area contributed by atoms with Crippen molar-refractivity contribution < 1.29 is 17.9 Å². The number of sulfonamides is 1. The zero-order valence-electron chi connectivity index (χ0n) is 12.1. The summed E-state index contributed by atoms with van der Waals surface area (Å²) >= 11 is 5.91. The van der Waals surface area contributed by atoms with E-state index in [1.807, 2.05) is 0 Å². The van der Waals surface area contributed by atoms with Crippen molar-refractivity contribution in [2.24, 2.45) is 5.73 Å². The maximum atomic E-state index is 12.8. The van der Waals surface area contributed by atoms with E-state index in [-0.39, 0.29) is 21.7 Å². The fraction of sp³-hybridized carbons (Fsp3) is 0.462. The van der Waals surface area contributed by atoms with Crippen LogP contribution in [0.4, 0.5) is 0 Å². The minimum atomic E-state index is -3.79. The van der Waals surface area contributed by atoms with Gasteiger partial charge in [0, 0.05) is 24.7 Å². The second-order valence-electron chi connectivity index (χ2n) is 5.01. The van der Waals surface area contributed by atoms with Crippen LogP contribution >= 0.6 is 11.6 Å². The van der Waals surface area contributed by atoms with E-state index >= 15 is 0 Å². The highest BCUT2D eigenvalue weighted by Gasteiger charge is 2.32. The van der Waals surface area contributed by atoms with Crippen LogP contribution in [0.25, 0.3) is 0 Å². The van der Waals surface area contributed by atoms with E-state index in [0.29, 0.717) is 6.54 Å². The molecule has 2 rings (SSSR count). The number of amides is 1. The van der Waals surface area contributed by atoms with E-state index in [9.17, 15) is 13.2 Å². The third-order valence-electron chi connectivity index (χ3n) is 3.48. The molecule has 0 bridgehead atoms. The number of nitrogens with two attached hydrogens (primary N) is 1. The molecule has 1 atom stereocenters. The average molecular weight is 348 g/mol. The summed E-state index contributed by atoms with van der Waals surface area (Å²) in [5, 5.41) is 3.38. The predicted octanol–water partition coefficient (Wildman–Crippen LogP) is 0.186. The van der Waals surface area contributed by atoms with Crippen LogP contribution in [0.5, 0.6) is 5.75 Å². The van der Waals surface area contributed by atoms with Crippen LogP contribution < -0.4 is 15.8 Å². The summed E-state index contributed by atoms with van der Waals surface area (Å²) in [6, 6.07) is 4.09. The minimum Gasteiger partial charge on any atom is -0.482 e. The standard InChI is InChI=1S/C13H18ClN3O4S/c1-17(10-4-5-16-7-10)22(19,20)12-6-9(14)2-3-11(12)21-8-13(15)18/h2-3,6,10,16H,4-5,7-8H2,1H3,(H2,15,18). The fourth-order valence-corrected chi connectivity index (χ4v) is 4.03. The molecule has 9 heteroatoms. The van der Waals surface area contributed by atoms with Crippen LogP contribution in [0.2, 0.25) is 5.02 Å². The number of nitrogens with zero attached hydrogens (tertiary/aromatic N) is 1. The lowest BCUT2D eigenvalue weighted by Gasteiger charge is -2.24. The molecule has 1 heterocycles. The number of hydrogen-bond donors (Lipinski definition) is 2. The molecule has 1 unspecified atom stereocenters. The van der Waals surface area contributed by atoms with Crippen LogP contribution in [0.3, 0.4) is 0 Å². The Bertz CT molecular complexity index is 659. The second kappa shape index (κ2) is 6.82. The Balaban J connectivity index is 2.35. The summed E-state index contributed by atoms with van der Waals surface area (Å²) in [5.41, 5.74) is 5.03. The van der Waals surface area contributed by atoms with Crippen molar-refractivity contribution >= 4 is 27.5 Å². The monoisotopic (exact) mass is 347 g/mol. The summed E-state index contributed by atoms with van der Waals surface area (Å²) in [6.07, 6.45) is 0.730. The molecular formula is C13H18ClN3O4S. The predicted molar refractivity (Wildman–Crippen MR) is 82.4 cm³/mol. The summed E-state index contributed by atoms with van der Waals surface area (Å²) in [7, 11) is -2.27. The largest absolute Gasteiger partial charge is 0.482 e. The molecule has 1 fully saturated rings. The molecule has 1 aliphatic rings. The Morgan fingerprint density at radius 1 is 1.55 bits per heavy atom. The van der Waals surface area contributed by atoms with Crippen molar-refractivity contribution in [3.8, 4) is 5.75 Å². The van der Waals surface area contributed by atoms with Crippen molar-refractivity contribution in [1.82, 2.24) is 9.62 Å². The zero-order valence-corrected chi connectivity index (χ0v) is 13.7. The number of ether oxygens (including phenoxy) is 1. The third kappa shape index (κ3) is 3.70. The van der Waals surface area contributed by atoms with E-state index in [1.165, 1.54) is 29.6 Å². The number of carbonyl (C=O) groups is 1. The summed E-state index contributed by atoms with van der Waals surface area (Å²) in [4.78, 5) is 10.8. The molecule has 1 aromatic rings. The van der Waals surface area contributed by atoms with Gasteiger partial charge in [-0.05, 0) is 31.2 Å². The van der Waals surface area contributed by atoms with E-state index in [1.54, 1.807) is 0 Å². The number of halogens is 1. The van der Waals surface area contributed by atoms with Crippen LogP contribution in [0.1, 0.15) is 6.42 Å². The molecule has 1 aliphatic heterocycles.